The molecule has 2 aromatic rings. The van der Waals surface area contributed by atoms with Crippen molar-refractivity contribution in [1.29, 1.82) is 0 Å². The van der Waals surface area contributed by atoms with Crippen LogP contribution in [0.2, 0.25) is 0 Å². The molecule has 0 bridgehead atoms. The Balaban J connectivity index is 1.53. The van der Waals surface area contributed by atoms with E-state index in [1.54, 1.807) is 30.4 Å². The Labute approximate surface area is 153 Å². The third-order valence-electron chi connectivity index (χ3n) is 4.71. The number of carbonyl (C=O) groups is 1. The number of rotatable bonds is 6. The first-order valence-electron chi connectivity index (χ1n) is 8.98. The fourth-order valence-corrected chi connectivity index (χ4v) is 3.16. The molecule has 0 aromatic carbocycles. The van der Waals surface area contributed by atoms with E-state index in [1.807, 2.05) is 6.07 Å². The van der Waals surface area contributed by atoms with Crippen molar-refractivity contribution >= 4 is 5.91 Å². The number of piperidine rings is 1. The van der Waals surface area contributed by atoms with Gasteiger partial charge in [0.1, 0.15) is 18.0 Å². The number of nitrogens with zero attached hydrogens (tertiary/aromatic N) is 5. The SMILES string of the molecule is COc1cncc(-c2cn(CC(=O)NC3CCN(C(C)C)CC3)nn2)c1. The van der Waals surface area contributed by atoms with Crippen LogP contribution in [0.15, 0.2) is 24.7 Å². The van der Waals surface area contributed by atoms with Gasteiger partial charge in [0, 0.05) is 36.9 Å². The minimum atomic E-state index is -0.0341. The van der Waals surface area contributed by atoms with Crippen LogP contribution in [-0.2, 0) is 11.3 Å². The Kier molecular flexibility index (Phi) is 5.82. The van der Waals surface area contributed by atoms with Gasteiger partial charge < -0.3 is 15.0 Å². The van der Waals surface area contributed by atoms with Crippen molar-refractivity contribution in [2.75, 3.05) is 20.2 Å². The van der Waals surface area contributed by atoms with Gasteiger partial charge in [0.05, 0.1) is 19.5 Å². The Morgan fingerprint density at radius 3 is 2.81 bits per heavy atom. The van der Waals surface area contributed by atoms with E-state index in [1.165, 1.54) is 0 Å². The van der Waals surface area contributed by atoms with Crippen molar-refractivity contribution in [2.45, 2.75) is 45.3 Å². The highest BCUT2D eigenvalue weighted by molar-refractivity contribution is 5.76. The predicted octanol–water partition coefficient (Wildman–Crippen LogP) is 1.34. The molecule has 0 unspecified atom stereocenters. The van der Waals surface area contributed by atoms with E-state index in [9.17, 15) is 4.79 Å². The van der Waals surface area contributed by atoms with Crippen LogP contribution in [0.3, 0.4) is 0 Å². The average Bonchev–Trinajstić information content (AvgIpc) is 3.10. The predicted molar refractivity (Wildman–Crippen MR) is 97.7 cm³/mol. The zero-order valence-corrected chi connectivity index (χ0v) is 15.6. The number of amides is 1. The topological polar surface area (TPSA) is 85.2 Å². The summed E-state index contributed by atoms with van der Waals surface area (Å²) in [6.07, 6.45) is 7.05. The van der Waals surface area contributed by atoms with Crippen molar-refractivity contribution < 1.29 is 9.53 Å². The molecule has 3 heterocycles. The van der Waals surface area contributed by atoms with Crippen LogP contribution in [0, 0.1) is 0 Å². The fraction of sp³-hybridized carbons (Fsp3) is 0.556. The van der Waals surface area contributed by atoms with Gasteiger partial charge in [0.25, 0.3) is 0 Å². The van der Waals surface area contributed by atoms with E-state index in [-0.39, 0.29) is 18.5 Å². The van der Waals surface area contributed by atoms with Gasteiger partial charge in [-0.2, -0.15) is 0 Å². The number of nitrogens with one attached hydrogen (secondary N) is 1. The van der Waals surface area contributed by atoms with Crippen LogP contribution < -0.4 is 10.1 Å². The molecule has 1 amide bonds. The second-order valence-corrected chi connectivity index (χ2v) is 6.89. The van der Waals surface area contributed by atoms with Gasteiger partial charge in [-0.15, -0.1) is 5.10 Å². The molecule has 0 spiro atoms. The summed E-state index contributed by atoms with van der Waals surface area (Å²) in [4.78, 5) is 18.8. The summed E-state index contributed by atoms with van der Waals surface area (Å²) in [5, 5.41) is 11.3. The lowest BCUT2D eigenvalue weighted by molar-refractivity contribution is -0.122. The van der Waals surface area contributed by atoms with E-state index >= 15 is 0 Å². The Morgan fingerprint density at radius 1 is 1.35 bits per heavy atom. The second kappa shape index (κ2) is 8.27. The van der Waals surface area contributed by atoms with Gasteiger partial charge in [0.2, 0.25) is 5.91 Å². The molecule has 1 saturated heterocycles. The highest BCUT2D eigenvalue weighted by Gasteiger charge is 2.22. The first-order chi connectivity index (χ1) is 12.5. The van der Waals surface area contributed by atoms with E-state index in [2.05, 4.69) is 39.4 Å². The van der Waals surface area contributed by atoms with E-state index < -0.39 is 0 Å². The quantitative estimate of drug-likeness (QED) is 0.839. The third-order valence-corrected chi connectivity index (χ3v) is 4.71. The molecule has 2 aromatic heterocycles. The number of likely N-dealkylation sites (tertiary alicyclic amines) is 1. The molecule has 3 rings (SSSR count). The maximum absolute atomic E-state index is 12.3. The molecule has 0 aliphatic carbocycles. The van der Waals surface area contributed by atoms with Crippen molar-refractivity contribution in [3.63, 3.8) is 0 Å². The summed E-state index contributed by atoms with van der Waals surface area (Å²) in [6, 6.07) is 2.64. The van der Waals surface area contributed by atoms with Gasteiger partial charge in [-0.3, -0.25) is 9.78 Å². The van der Waals surface area contributed by atoms with Gasteiger partial charge >= 0.3 is 0 Å². The fourth-order valence-electron chi connectivity index (χ4n) is 3.16. The van der Waals surface area contributed by atoms with Crippen LogP contribution in [0.25, 0.3) is 11.3 Å². The zero-order valence-electron chi connectivity index (χ0n) is 15.6. The monoisotopic (exact) mass is 358 g/mol. The third kappa shape index (κ3) is 4.57. The number of hydrogen-bond acceptors (Lipinski definition) is 6. The highest BCUT2D eigenvalue weighted by atomic mass is 16.5. The molecule has 1 aliphatic rings. The normalized spacial score (nSPS) is 16.0. The number of methoxy groups -OCH3 is 1. The zero-order chi connectivity index (χ0) is 18.5. The number of carbonyl (C=O) groups excluding carboxylic acids is 1. The van der Waals surface area contributed by atoms with Crippen molar-refractivity contribution in [3.8, 4) is 17.0 Å². The van der Waals surface area contributed by atoms with Crippen LogP contribution in [0.4, 0.5) is 0 Å². The molecule has 8 heteroatoms. The van der Waals surface area contributed by atoms with Crippen molar-refractivity contribution in [1.82, 2.24) is 30.2 Å². The minimum Gasteiger partial charge on any atom is -0.495 e. The molecule has 1 fully saturated rings. The molecule has 8 nitrogen and oxygen atoms in total. The Bertz CT molecular complexity index is 737. The van der Waals surface area contributed by atoms with Gasteiger partial charge in [-0.05, 0) is 32.8 Å². The minimum absolute atomic E-state index is 0.0341. The molecule has 0 saturated carbocycles. The summed E-state index contributed by atoms with van der Waals surface area (Å²) in [5.41, 5.74) is 1.46. The summed E-state index contributed by atoms with van der Waals surface area (Å²) in [6.45, 7) is 6.63. The van der Waals surface area contributed by atoms with Crippen LogP contribution in [0.1, 0.15) is 26.7 Å². The molecule has 26 heavy (non-hydrogen) atoms. The van der Waals surface area contributed by atoms with Crippen LogP contribution >= 0.6 is 0 Å². The first-order valence-corrected chi connectivity index (χ1v) is 8.98. The lowest BCUT2D eigenvalue weighted by Crippen LogP contribution is -2.47. The number of aromatic nitrogens is 4. The van der Waals surface area contributed by atoms with Crippen LogP contribution in [-0.4, -0.2) is 63.1 Å². The average molecular weight is 358 g/mol. The van der Waals surface area contributed by atoms with Gasteiger partial charge in [-0.25, -0.2) is 4.68 Å². The van der Waals surface area contributed by atoms with E-state index in [0.717, 1.165) is 31.5 Å². The standard InChI is InChI=1S/C18H26N6O2/c1-13(2)23-6-4-15(5-7-23)20-18(25)12-24-11-17(21-22-24)14-8-16(26-3)10-19-9-14/h8-11,13,15H,4-7,12H2,1-3H3,(H,20,25). The molecule has 0 atom stereocenters. The molecule has 1 aliphatic heterocycles. The number of ether oxygens (including phenoxy) is 1. The maximum Gasteiger partial charge on any atom is 0.242 e. The molecular weight excluding hydrogens is 332 g/mol. The molecule has 0 radical (unpaired) electrons. The summed E-state index contributed by atoms with van der Waals surface area (Å²) >= 11 is 0. The largest absolute Gasteiger partial charge is 0.495 e. The summed E-state index contributed by atoms with van der Waals surface area (Å²) in [7, 11) is 1.59. The smallest absolute Gasteiger partial charge is 0.242 e. The lowest BCUT2D eigenvalue weighted by atomic mass is 10.0. The number of hydrogen-bond donors (Lipinski definition) is 1. The van der Waals surface area contributed by atoms with Gasteiger partial charge in [-0.1, -0.05) is 5.21 Å². The highest BCUT2D eigenvalue weighted by Crippen LogP contribution is 2.20. The van der Waals surface area contributed by atoms with Crippen molar-refractivity contribution in [3.05, 3.63) is 24.7 Å². The maximum atomic E-state index is 12.3. The summed E-state index contributed by atoms with van der Waals surface area (Å²) < 4.78 is 6.72. The molecular formula is C18H26N6O2. The lowest BCUT2D eigenvalue weighted by Gasteiger charge is -2.34. The number of pyridine rings is 1. The second-order valence-electron chi connectivity index (χ2n) is 6.89. The molecule has 1 N–H and O–H groups in total. The van der Waals surface area contributed by atoms with E-state index in [4.69, 9.17) is 4.74 Å². The summed E-state index contributed by atoms with van der Waals surface area (Å²) in [5.74, 6) is 0.621. The Morgan fingerprint density at radius 2 is 2.12 bits per heavy atom. The molecule has 140 valence electrons. The van der Waals surface area contributed by atoms with E-state index in [0.29, 0.717) is 17.5 Å². The van der Waals surface area contributed by atoms with Crippen molar-refractivity contribution in [2.24, 2.45) is 0 Å². The van der Waals surface area contributed by atoms with Crippen LogP contribution in [0.5, 0.6) is 5.75 Å². The van der Waals surface area contributed by atoms with Gasteiger partial charge in [0.15, 0.2) is 0 Å². The Hall–Kier alpha value is -2.48. The first kappa shape index (κ1) is 18.3.